The topological polar surface area (TPSA) is 70.9 Å². The molecule has 5 heteroatoms. The average Bonchev–Trinajstić information content (AvgIpc) is 3.14. The highest BCUT2D eigenvalue weighted by Gasteiger charge is 2.15. The Kier molecular flexibility index (Phi) is 3.65. The van der Waals surface area contributed by atoms with Gasteiger partial charge in [-0.3, -0.25) is 0 Å². The summed E-state index contributed by atoms with van der Waals surface area (Å²) in [5.41, 5.74) is 6.62. The number of H-pyrrole nitrogens is 1. The molecule has 5 nitrogen and oxygen atoms in total. The van der Waals surface area contributed by atoms with E-state index in [1.165, 1.54) is 0 Å². The molecule has 0 saturated carbocycles. The van der Waals surface area contributed by atoms with Gasteiger partial charge in [0.15, 0.2) is 0 Å². The van der Waals surface area contributed by atoms with Gasteiger partial charge < -0.3 is 14.7 Å². The molecule has 2 aromatic heterocycles. The fourth-order valence-electron chi connectivity index (χ4n) is 3.47. The lowest BCUT2D eigenvalue weighted by atomic mass is 10.0. The first-order valence-electron chi connectivity index (χ1n) is 8.43. The average molecular weight is 345 g/mol. The molecule has 0 fully saturated rings. The summed E-state index contributed by atoms with van der Waals surface area (Å²) in [6, 6.07) is 15.9. The lowest BCUT2D eigenvalue weighted by Gasteiger charge is -2.12. The molecule has 0 aliphatic heterocycles. The van der Waals surface area contributed by atoms with Gasteiger partial charge in [-0.1, -0.05) is 12.1 Å². The van der Waals surface area contributed by atoms with Crippen LogP contribution in [0.25, 0.3) is 27.8 Å². The van der Waals surface area contributed by atoms with E-state index in [1.54, 1.807) is 6.07 Å². The quantitative estimate of drug-likeness (QED) is 0.568. The Morgan fingerprint density at radius 3 is 2.42 bits per heavy atom. The van der Waals surface area contributed by atoms with Crippen molar-refractivity contribution in [2.75, 3.05) is 0 Å². The first-order chi connectivity index (χ1) is 12.4. The van der Waals surface area contributed by atoms with Gasteiger partial charge in [0.2, 0.25) is 0 Å². The maximum atomic E-state index is 11.7. The fraction of sp³-hybridized carbons (Fsp3) is 0.143. The van der Waals surface area contributed by atoms with Crippen LogP contribution in [0.4, 0.5) is 0 Å². The molecular weight excluding hydrogens is 326 g/mol. The van der Waals surface area contributed by atoms with E-state index in [1.807, 2.05) is 25.1 Å². The molecule has 0 aliphatic carbocycles. The van der Waals surface area contributed by atoms with Gasteiger partial charge in [0.25, 0.3) is 0 Å². The van der Waals surface area contributed by atoms with Crippen LogP contribution in [0.2, 0.25) is 0 Å². The minimum Gasteiger partial charge on any atom is -0.478 e. The van der Waals surface area contributed by atoms with Crippen molar-refractivity contribution in [3.8, 4) is 16.8 Å². The van der Waals surface area contributed by atoms with Crippen molar-refractivity contribution in [3.63, 3.8) is 0 Å². The maximum Gasteiger partial charge on any atom is 0.337 e. The summed E-state index contributed by atoms with van der Waals surface area (Å²) < 4.78 is 2.18. The number of fused-ring (bicyclic) bond motifs is 1. The molecule has 0 saturated heterocycles. The number of hydrogen-bond donors (Lipinski definition) is 2. The Bertz CT molecular complexity index is 1130. The molecule has 0 bridgehead atoms. The highest BCUT2D eigenvalue weighted by molar-refractivity contribution is 6.03. The predicted octanol–water partition coefficient (Wildman–Crippen LogP) is 4.64. The fourth-order valence-corrected chi connectivity index (χ4v) is 3.47. The minimum absolute atomic E-state index is 0.209. The number of aromatic nitrogens is 3. The van der Waals surface area contributed by atoms with Crippen LogP contribution in [0.5, 0.6) is 0 Å². The Morgan fingerprint density at radius 2 is 1.73 bits per heavy atom. The van der Waals surface area contributed by atoms with Gasteiger partial charge in [-0.2, -0.15) is 0 Å². The van der Waals surface area contributed by atoms with E-state index < -0.39 is 5.97 Å². The third-order valence-electron chi connectivity index (χ3n) is 4.64. The van der Waals surface area contributed by atoms with Crippen LogP contribution >= 0.6 is 0 Å². The van der Waals surface area contributed by atoms with E-state index >= 15 is 0 Å². The van der Waals surface area contributed by atoms with Crippen LogP contribution < -0.4 is 0 Å². The first-order valence-corrected chi connectivity index (χ1v) is 8.43. The SMILES string of the molecule is Cc1nc2c(C(=O)O)cc(-c3cccc(-n4c(C)ccc4C)c3)cc2[nH]1. The zero-order valence-electron chi connectivity index (χ0n) is 14.9. The number of nitrogens with one attached hydrogen (secondary N) is 1. The van der Waals surface area contributed by atoms with E-state index in [0.29, 0.717) is 11.3 Å². The van der Waals surface area contributed by atoms with E-state index in [9.17, 15) is 9.90 Å². The standard InChI is InChI=1S/C21H19N3O2/c1-12-7-8-13(2)24(12)17-6-4-5-15(9-17)16-10-18(21(25)26)20-19(11-16)22-14(3)23-20/h4-11H,1-3H3,(H,22,23)(H,25,26). The van der Waals surface area contributed by atoms with Gasteiger partial charge in [-0.05, 0) is 68.3 Å². The number of carboxylic acid groups (broad SMARTS) is 1. The molecule has 0 atom stereocenters. The largest absolute Gasteiger partial charge is 0.478 e. The minimum atomic E-state index is -0.975. The number of carbonyl (C=O) groups is 1. The van der Waals surface area contributed by atoms with Crippen molar-refractivity contribution in [2.45, 2.75) is 20.8 Å². The smallest absolute Gasteiger partial charge is 0.337 e. The number of aromatic carboxylic acids is 1. The summed E-state index contributed by atoms with van der Waals surface area (Å²) in [6.45, 7) is 5.97. The maximum absolute atomic E-state index is 11.7. The van der Waals surface area contributed by atoms with E-state index in [-0.39, 0.29) is 5.56 Å². The highest BCUT2D eigenvalue weighted by atomic mass is 16.4. The molecule has 2 aromatic carbocycles. The van der Waals surface area contributed by atoms with Crippen molar-refractivity contribution in [1.82, 2.24) is 14.5 Å². The normalized spacial score (nSPS) is 11.2. The Balaban J connectivity index is 1.91. The second kappa shape index (κ2) is 5.88. The molecule has 4 rings (SSSR count). The predicted molar refractivity (Wildman–Crippen MR) is 102 cm³/mol. The van der Waals surface area contributed by atoms with Crippen molar-refractivity contribution in [3.05, 3.63) is 71.3 Å². The van der Waals surface area contributed by atoms with Crippen LogP contribution in [0, 0.1) is 20.8 Å². The summed E-state index contributed by atoms with van der Waals surface area (Å²) in [6.07, 6.45) is 0. The molecule has 2 heterocycles. The Labute approximate surface area is 150 Å². The number of benzene rings is 2. The van der Waals surface area contributed by atoms with Crippen LogP contribution in [0.1, 0.15) is 27.6 Å². The summed E-state index contributed by atoms with van der Waals surface area (Å²) in [5.74, 6) is -0.274. The summed E-state index contributed by atoms with van der Waals surface area (Å²) >= 11 is 0. The zero-order chi connectivity index (χ0) is 18.4. The van der Waals surface area contributed by atoms with E-state index in [0.717, 1.165) is 33.7 Å². The third-order valence-corrected chi connectivity index (χ3v) is 4.64. The Hall–Kier alpha value is -3.34. The molecule has 26 heavy (non-hydrogen) atoms. The van der Waals surface area contributed by atoms with Crippen LogP contribution in [0.3, 0.4) is 0 Å². The van der Waals surface area contributed by atoms with Crippen molar-refractivity contribution < 1.29 is 9.90 Å². The lowest BCUT2D eigenvalue weighted by Crippen LogP contribution is -2.00. The summed E-state index contributed by atoms with van der Waals surface area (Å²) in [5, 5.41) is 9.58. The summed E-state index contributed by atoms with van der Waals surface area (Å²) in [4.78, 5) is 19.1. The molecule has 0 amide bonds. The van der Waals surface area contributed by atoms with Crippen LogP contribution in [0.15, 0.2) is 48.5 Å². The number of hydrogen-bond acceptors (Lipinski definition) is 2. The second-order valence-corrected chi connectivity index (χ2v) is 6.55. The monoisotopic (exact) mass is 345 g/mol. The summed E-state index contributed by atoms with van der Waals surface area (Å²) in [7, 11) is 0. The number of aryl methyl sites for hydroxylation is 3. The van der Waals surface area contributed by atoms with Crippen molar-refractivity contribution >= 4 is 17.0 Å². The third kappa shape index (κ3) is 2.58. The van der Waals surface area contributed by atoms with Gasteiger partial charge in [0, 0.05) is 17.1 Å². The van der Waals surface area contributed by atoms with E-state index in [4.69, 9.17) is 0 Å². The molecule has 0 aliphatic rings. The van der Waals surface area contributed by atoms with Crippen molar-refractivity contribution in [1.29, 1.82) is 0 Å². The molecule has 4 aromatic rings. The first kappa shape index (κ1) is 16.1. The van der Waals surface area contributed by atoms with Gasteiger partial charge >= 0.3 is 5.97 Å². The van der Waals surface area contributed by atoms with Gasteiger partial charge in [0.1, 0.15) is 11.3 Å². The van der Waals surface area contributed by atoms with Crippen LogP contribution in [-0.2, 0) is 0 Å². The number of carboxylic acids is 1. The zero-order valence-corrected chi connectivity index (χ0v) is 14.9. The van der Waals surface area contributed by atoms with Gasteiger partial charge in [-0.15, -0.1) is 0 Å². The van der Waals surface area contributed by atoms with E-state index in [2.05, 4.69) is 52.6 Å². The molecule has 130 valence electrons. The Morgan fingerprint density at radius 1 is 1.00 bits per heavy atom. The van der Waals surface area contributed by atoms with Gasteiger partial charge in [0.05, 0.1) is 11.1 Å². The number of imidazole rings is 1. The number of aromatic amines is 1. The van der Waals surface area contributed by atoms with Crippen molar-refractivity contribution in [2.24, 2.45) is 0 Å². The molecule has 2 N–H and O–H groups in total. The molecule has 0 spiro atoms. The van der Waals surface area contributed by atoms with Crippen LogP contribution in [-0.4, -0.2) is 25.6 Å². The van der Waals surface area contributed by atoms with Gasteiger partial charge in [-0.25, -0.2) is 9.78 Å². The second-order valence-electron chi connectivity index (χ2n) is 6.55. The highest BCUT2D eigenvalue weighted by Crippen LogP contribution is 2.29. The number of rotatable bonds is 3. The molecule has 0 radical (unpaired) electrons. The molecular formula is C21H19N3O2. The lowest BCUT2D eigenvalue weighted by molar-refractivity contribution is 0.0699. The molecule has 0 unspecified atom stereocenters. The number of nitrogens with zero attached hydrogens (tertiary/aromatic N) is 2.